The first-order chi connectivity index (χ1) is 6.84. The van der Waals surface area contributed by atoms with Crippen molar-refractivity contribution in [1.29, 1.82) is 0 Å². The van der Waals surface area contributed by atoms with Crippen molar-refractivity contribution in [1.82, 2.24) is 0 Å². The van der Waals surface area contributed by atoms with Gasteiger partial charge in [-0.25, -0.2) is 0 Å². The molecule has 0 amide bonds. The van der Waals surface area contributed by atoms with Crippen LogP contribution in [0.25, 0.3) is 0 Å². The van der Waals surface area contributed by atoms with Gasteiger partial charge in [0.15, 0.2) is 5.76 Å². The third-order valence-corrected chi connectivity index (χ3v) is 3.10. The minimum absolute atomic E-state index is 0.842. The number of hydrogen-bond acceptors (Lipinski definition) is 1. The highest BCUT2D eigenvalue weighted by Crippen LogP contribution is 2.14. The molecule has 0 aliphatic heterocycles. The van der Waals surface area contributed by atoms with Crippen LogP contribution in [-0.2, 0) is 6.54 Å². The summed E-state index contributed by atoms with van der Waals surface area (Å²) >= 11 is 0. The second kappa shape index (κ2) is 4.65. The fourth-order valence-corrected chi connectivity index (χ4v) is 2.25. The van der Waals surface area contributed by atoms with E-state index in [0.717, 1.165) is 24.1 Å². The number of nitrogens with two attached hydrogens (primary N) is 1. The maximum Gasteiger partial charge on any atom is 0.158 e. The molecule has 78 valence electrons. The van der Waals surface area contributed by atoms with E-state index < -0.39 is 0 Å². The van der Waals surface area contributed by atoms with Crippen LogP contribution in [0, 0.1) is 6.92 Å². The zero-order chi connectivity index (χ0) is 9.80. The van der Waals surface area contributed by atoms with Crippen molar-refractivity contribution >= 4 is 0 Å². The minimum Gasteiger partial charge on any atom is -0.460 e. The predicted octanol–water partition coefficient (Wildman–Crippen LogP) is 1.98. The van der Waals surface area contributed by atoms with Gasteiger partial charge in [0.2, 0.25) is 0 Å². The molecule has 0 bridgehead atoms. The van der Waals surface area contributed by atoms with E-state index in [1.807, 2.05) is 13.0 Å². The zero-order valence-electron chi connectivity index (χ0n) is 8.96. The Morgan fingerprint density at radius 2 is 2.07 bits per heavy atom. The minimum atomic E-state index is 0.842. The second-order valence-electron chi connectivity index (χ2n) is 4.35. The summed E-state index contributed by atoms with van der Waals surface area (Å²) in [5.41, 5.74) is 0. The summed E-state index contributed by atoms with van der Waals surface area (Å²) in [6.07, 6.45) is 7.04. The van der Waals surface area contributed by atoms with Crippen LogP contribution in [-0.4, -0.2) is 6.04 Å². The monoisotopic (exact) mass is 194 g/mol. The van der Waals surface area contributed by atoms with Gasteiger partial charge in [-0.3, -0.25) is 0 Å². The largest absolute Gasteiger partial charge is 0.460 e. The molecule has 1 aromatic rings. The summed E-state index contributed by atoms with van der Waals surface area (Å²) in [6.45, 7) is 3.02. The van der Waals surface area contributed by atoms with Gasteiger partial charge < -0.3 is 9.73 Å². The van der Waals surface area contributed by atoms with E-state index >= 15 is 0 Å². The van der Waals surface area contributed by atoms with E-state index in [-0.39, 0.29) is 0 Å². The van der Waals surface area contributed by atoms with Gasteiger partial charge in [-0.05, 0) is 44.7 Å². The Bertz CT molecular complexity index is 274. The number of quaternary nitrogens is 1. The molecule has 1 aromatic heterocycles. The van der Waals surface area contributed by atoms with Gasteiger partial charge in [0.1, 0.15) is 12.3 Å². The van der Waals surface area contributed by atoms with E-state index in [1.165, 1.54) is 32.1 Å². The summed E-state index contributed by atoms with van der Waals surface area (Å²) in [7, 11) is 0. The van der Waals surface area contributed by atoms with Crippen LogP contribution >= 0.6 is 0 Å². The third-order valence-electron chi connectivity index (χ3n) is 3.10. The van der Waals surface area contributed by atoms with Gasteiger partial charge in [-0.15, -0.1) is 0 Å². The highest BCUT2D eigenvalue weighted by molar-refractivity contribution is 5.03. The van der Waals surface area contributed by atoms with Crippen molar-refractivity contribution in [2.45, 2.75) is 51.6 Å². The van der Waals surface area contributed by atoms with Crippen molar-refractivity contribution in [2.24, 2.45) is 0 Å². The van der Waals surface area contributed by atoms with E-state index in [9.17, 15) is 0 Å². The lowest BCUT2D eigenvalue weighted by Crippen LogP contribution is -2.88. The Morgan fingerprint density at radius 3 is 2.71 bits per heavy atom. The van der Waals surface area contributed by atoms with Crippen LogP contribution in [0.1, 0.15) is 43.6 Å². The zero-order valence-corrected chi connectivity index (χ0v) is 8.96. The van der Waals surface area contributed by atoms with Crippen molar-refractivity contribution in [3.05, 3.63) is 23.7 Å². The van der Waals surface area contributed by atoms with Crippen LogP contribution in [0.5, 0.6) is 0 Å². The Kier molecular flexibility index (Phi) is 3.25. The number of hydrogen-bond donors (Lipinski definition) is 1. The first-order valence-electron chi connectivity index (χ1n) is 5.73. The van der Waals surface area contributed by atoms with Gasteiger partial charge in [0.05, 0.1) is 6.04 Å². The predicted molar refractivity (Wildman–Crippen MR) is 55.9 cm³/mol. The van der Waals surface area contributed by atoms with E-state index in [1.54, 1.807) is 0 Å². The van der Waals surface area contributed by atoms with Crippen LogP contribution in [0.4, 0.5) is 0 Å². The fourth-order valence-electron chi connectivity index (χ4n) is 2.25. The summed E-state index contributed by atoms with van der Waals surface area (Å²) < 4.78 is 5.54. The van der Waals surface area contributed by atoms with Crippen molar-refractivity contribution in [3.63, 3.8) is 0 Å². The molecule has 0 unspecified atom stereocenters. The third kappa shape index (κ3) is 2.61. The van der Waals surface area contributed by atoms with Gasteiger partial charge >= 0.3 is 0 Å². The molecular weight excluding hydrogens is 174 g/mol. The molecule has 2 rings (SSSR count). The van der Waals surface area contributed by atoms with E-state index in [4.69, 9.17) is 4.42 Å². The van der Waals surface area contributed by atoms with E-state index in [0.29, 0.717) is 0 Å². The summed E-state index contributed by atoms with van der Waals surface area (Å²) in [5.74, 6) is 2.14. The van der Waals surface area contributed by atoms with Gasteiger partial charge in [-0.1, -0.05) is 6.42 Å². The highest BCUT2D eigenvalue weighted by atomic mass is 16.3. The van der Waals surface area contributed by atoms with E-state index in [2.05, 4.69) is 11.4 Å². The normalized spacial score (nSPS) is 18.6. The molecule has 2 heteroatoms. The molecule has 1 fully saturated rings. The first-order valence-corrected chi connectivity index (χ1v) is 5.73. The van der Waals surface area contributed by atoms with Crippen molar-refractivity contribution in [2.75, 3.05) is 0 Å². The molecule has 2 nitrogen and oxygen atoms in total. The van der Waals surface area contributed by atoms with Crippen molar-refractivity contribution in [3.8, 4) is 0 Å². The Morgan fingerprint density at radius 1 is 1.29 bits per heavy atom. The molecule has 0 saturated heterocycles. The lowest BCUT2D eigenvalue weighted by atomic mass is 9.95. The van der Waals surface area contributed by atoms with Gasteiger partial charge in [-0.2, -0.15) is 0 Å². The molecule has 1 aliphatic rings. The molecule has 0 spiro atoms. The van der Waals surface area contributed by atoms with Crippen LogP contribution in [0.3, 0.4) is 0 Å². The molecular formula is C12H20NO+. The lowest BCUT2D eigenvalue weighted by Gasteiger charge is -2.19. The molecule has 1 saturated carbocycles. The van der Waals surface area contributed by atoms with Crippen molar-refractivity contribution < 1.29 is 9.73 Å². The second-order valence-corrected chi connectivity index (χ2v) is 4.35. The number of rotatable bonds is 3. The number of furan rings is 1. The average Bonchev–Trinajstić information content (AvgIpc) is 2.63. The first kappa shape index (κ1) is 9.78. The molecule has 14 heavy (non-hydrogen) atoms. The maximum atomic E-state index is 5.54. The van der Waals surface area contributed by atoms with Gasteiger partial charge in [0.25, 0.3) is 0 Å². The summed E-state index contributed by atoms with van der Waals surface area (Å²) in [5, 5.41) is 2.44. The Hall–Kier alpha value is -0.760. The SMILES string of the molecule is Cc1ccc(C[NH2+]C2CCCCC2)o1. The number of aryl methyl sites for hydroxylation is 1. The molecule has 1 heterocycles. The molecule has 2 N–H and O–H groups in total. The summed E-state index contributed by atoms with van der Waals surface area (Å²) in [6, 6.07) is 4.98. The Balaban J connectivity index is 1.76. The fraction of sp³-hybridized carbons (Fsp3) is 0.667. The standard InChI is InChI=1S/C12H19NO/c1-10-7-8-12(14-10)9-13-11-5-3-2-4-6-11/h7-8,11,13H,2-6,9H2,1H3/p+1. The van der Waals surface area contributed by atoms with Crippen LogP contribution in [0.2, 0.25) is 0 Å². The smallest absolute Gasteiger partial charge is 0.158 e. The quantitative estimate of drug-likeness (QED) is 0.783. The molecule has 0 aromatic carbocycles. The lowest BCUT2D eigenvalue weighted by molar-refractivity contribution is -0.708. The average molecular weight is 194 g/mol. The topological polar surface area (TPSA) is 29.8 Å². The molecule has 0 radical (unpaired) electrons. The molecule has 0 atom stereocenters. The Labute approximate surface area is 85.7 Å². The van der Waals surface area contributed by atoms with Gasteiger partial charge in [0, 0.05) is 0 Å². The summed E-state index contributed by atoms with van der Waals surface area (Å²) in [4.78, 5) is 0. The van der Waals surface area contributed by atoms with Crippen LogP contribution in [0.15, 0.2) is 16.5 Å². The maximum absolute atomic E-state index is 5.54. The highest BCUT2D eigenvalue weighted by Gasteiger charge is 2.16. The van der Waals surface area contributed by atoms with Crippen LogP contribution < -0.4 is 5.32 Å². The molecule has 1 aliphatic carbocycles.